The number of fused-ring (bicyclic) bond motifs is 1. The molecule has 0 fully saturated rings. The first-order valence-electron chi connectivity index (χ1n) is 11.1. The number of thioether (sulfide) groups is 1. The summed E-state index contributed by atoms with van der Waals surface area (Å²) in [4.78, 5) is 12.5. The van der Waals surface area contributed by atoms with E-state index in [-0.39, 0.29) is 5.82 Å². The van der Waals surface area contributed by atoms with E-state index in [4.69, 9.17) is 9.47 Å². The summed E-state index contributed by atoms with van der Waals surface area (Å²) < 4.78 is 65.4. The molecule has 3 aromatic carbocycles. The molecule has 0 saturated carbocycles. The first-order chi connectivity index (χ1) is 17.6. The number of alkyl halides is 3. The number of nitrogens with one attached hydrogen (secondary N) is 1. The van der Waals surface area contributed by atoms with Gasteiger partial charge in [0.05, 0.1) is 30.6 Å². The van der Waals surface area contributed by atoms with Crippen molar-refractivity contribution in [1.29, 1.82) is 0 Å². The molecule has 0 radical (unpaired) electrons. The number of rotatable bonds is 8. The molecule has 0 bridgehead atoms. The summed E-state index contributed by atoms with van der Waals surface area (Å²) in [5.41, 5.74) is 1.90. The van der Waals surface area contributed by atoms with Gasteiger partial charge in [-0.2, -0.15) is 18.3 Å². The van der Waals surface area contributed by atoms with Crippen LogP contribution in [0.5, 0.6) is 11.5 Å². The van der Waals surface area contributed by atoms with Crippen molar-refractivity contribution < 1.29 is 31.8 Å². The number of benzene rings is 3. The lowest BCUT2D eigenvalue weighted by Gasteiger charge is -2.27. The van der Waals surface area contributed by atoms with Crippen LogP contribution in [0.15, 0.2) is 71.8 Å². The topological polar surface area (TPSA) is 65.4 Å². The molecule has 194 valence electrons. The lowest BCUT2D eigenvalue weighted by atomic mass is 10.0. The molecule has 6 nitrogen and oxygen atoms in total. The maximum atomic E-state index is 13.3. The van der Waals surface area contributed by atoms with Gasteiger partial charge >= 0.3 is 12.1 Å². The minimum absolute atomic E-state index is 0.358. The lowest BCUT2D eigenvalue weighted by Crippen LogP contribution is -2.45. The summed E-state index contributed by atoms with van der Waals surface area (Å²) in [6.45, 7) is 1.44. The van der Waals surface area contributed by atoms with Crippen molar-refractivity contribution >= 4 is 28.6 Å². The molecule has 4 aromatic rings. The van der Waals surface area contributed by atoms with Crippen molar-refractivity contribution in [3.8, 4) is 17.2 Å². The summed E-state index contributed by atoms with van der Waals surface area (Å²) in [6.07, 6.45) is -2.53. The Labute approximate surface area is 214 Å². The Morgan fingerprint density at radius 3 is 2.46 bits per heavy atom. The van der Waals surface area contributed by atoms with Crippen LogP contribution >= 0.6 is 11.8 Å². The Balaban J connectivity index is 1.68. The first-order valence-corrected chi connectivity index (χ1v) is 12.3. The highest BCUT2D eigenvalue weighted by molar-refractivity contribution is 7.98. The van der Waals surface area contributed by atoms with E-state index in [2.05, 4.69) is 5.10 Å². The summed E-state index contributed by atoms with van der Waals surface area (Å²) in [5.74, 6) is -1.53. The minimum Gasteiger partial charge on any atom is -0.496 e. The fraction of sp³-hybridized carbons (Fsp3) is 0.231. The van der Waals surface area contributed by atoms with Crippen LogP contribution in [0.4, 0.5) is 17.6 Å². The third-order valence-electron chi connectivity index (χ3n) is 5.68. The summed E-state index contributed by atoms with van der Waals surface area (Å²) >= 11 is 1.46. The van der Waals surface area contributed by atoms with Crippen molar-refractivity contribution in [2.24, 2.45) is 0 Å². The fourth-order valence-corrected chi connectivity index (χ4v) is 4.42. The van der Waals surface area contributed by atoms with Gasteiger partial charge in [-0.05, 0) is 73.3 Å². The number of carbonyl (C=O) groups excluding carboxylic acids is 1. The predicted octanol–water partition coefficient (Wildman–Crippen LogP) is 6.08. The predicted molar refractivity (Wildman–Crippen MR) is 133 cm³/mol. The maximum Gasteiger partial charge on any atom is 0.471 e. The van der Waals surface area contributed by atoms with Gasteiger partial charge in [-0.25, -0.2) is 9.07 Å². The van der Waals surface area contributed by atoms with Gasteiger partial charge in [-0.3, -0.25) is 4.79 Å². The van der Waals surface area contributed by atoms with E-state index in [0.29, 0.717) is 28.1 Å². The number of ether oxygens (including phenoxy) is 2. The molecule has 0 spiro atoms. The smallest absolute Gasteiger partial charge is 0.471 e. The molecule has 1 N–H and O–H groups in total. The van der Waals surface area contributed by atoms with Crippen LogP contribution < -0.4 is 14.8 Å². The van der Waals surface area contributed by atoms with Crippen LogP contribution in [0.2, 0.25) is 0 Å². The highest BCUT2D eigenvalue weighted by atomic mass is 32.2. The molecule has 1 heterocycles. The van der Waals surface area contributed by atoms with Gasteiger partial charge in [0.1, 0.15) is 23.4 Å². The SMILES string of the molecule is COc1cc([C@H](Oc2ccc3c(cnn3-c3ccc(F)cc3)c2)[C@H](C)NC(=O)C(F)(F)F)ccc1SC. The van der Waals surface area contributed by atoms with Crippen LogP contribution in [0.3, 0.4) is 0 Å². The molecular weight excluding hydrogens is 510 g/mol. The fourth-order valence-electron chi connectivity index (χ4n) is 3.87. The van der Waals surface area contributed by atoms with Gasteiger partial charge in [0.25, 0.3) is 0 Å². The molecule has 1 amide bonds. The van der Waals surface area contributed by atoms with E-state index in [9.17, 15) is 22.4 Å². The van der Waals surface area contributed by atoms with Crippen molar-refractivity contribution in [2.45, 2.75) is 30.1 Å². The highest BCUT2D eigenvalue weighted by Gasteiger charge is 2.40. The molecule has 0 aliphatic carbocycles. The molecule has 0 unspecified atom stereocenters. The van der Waals surface area contributed by atoms with Crippen LogP contribution in [0, 0.1) is 5.82 Å². The molecule has 0 saturated heterocycles. The summed E-state index contributed by atoms with van der Waals surface area (Å²) in [6, 6.07) is 15.1. The molecule has 0 aliphatic heterocycles. The van der Waals surface area contributed by atoms with E-state index in [0.717, 1.165) is 10.4 Å². The van der Waals surface area contributed by atoms with Gasteiger partial charge < -0.3 is 14.8 Å². The third kappa shape index (κ3) is 5.82. The monoisotopic (exact) mass is 533 g/mol. The van der Waals surface area contributed by atoms with Gasteiger partial charge in [0.2, 0.25) is 0 Å². The van der Waals surface area contributed by atoms with E-state index >= 15 is 0 Å². The maximum absolute atomic E-state index is 13.3. The Bertz CT molecular complexity index is 1410. The molecule has 11 heteroatoms. The summed E-state index contributed by atoms with van der Waals surface area (Å²) in [7, 11) is 1.50. The average molecular weight is 534 g/mol. The van der Waals surface area contributed by atoms with Gasteiger partial charge in [-0.1, -0.05) is 6.07 Å². The number of hydrogen-bond acceptors (Lipinski definition) is 5. The molecule has 1 aromatic heterocycles. The number of nitrogens with zero attached hydrogens (tertiary/aromatic N) is 2. The molecule has 37 heavy (non-hydrogen) atoms. The van der Waals surface area contributed by atoms with Gasteiger partial charge in [0, 0.05) is 10.3 Å². The molecule has 2 atom stereocenters. The molecular formula is C26H23F4N3O3S. The second-order valence-electron chi connectivity index (χ2n) is 8.17. The Hall–Kier alpha value is -3.73. The average Bonchev–Trinajstić information content (AvgIpc) is 3.30. The quantitative estimate of drug-likeness (QED) is 0.220. The van der Waals surface area contributed by atoms with Crippen LogP contribution in [-0.2, 0) is 4.79 Å². The van der Waals surface area contributed by atoms with Crippen LogP contribution in [0.25, 0.3) is 16.6 Å². The van der Waals surface area contributed by atoms with Crippen molar-refractivity contribution in [1.82, 2.24) is 15.1 Å². The number of amides is 1. The number of carbonyl (C=O) groups is 1. The van der Waals surface area contributed by atoms with Gasteiger partial charge in [0.15, 0.2) is 0 Å². The Kier molecular flexibility index (Phi) is 7.63. The lowest BCUT2D eigenvalue weighted by molar-refractivity contribution is -0.174. The number of hydrogen-bond donors (Lipinski definition) is 1. The van der Waals surface area contributed by atoms with Gasteiger partial charge in [-0.15, -0.1) is 11.8 Å². The van der Waals surface area contributed by atoms with Crippen molar-refractivity contribution in [3.63, 3.8) is 0 Å². The minimum atomic E-state index is -5.03. The van der Waals surface area contributed by atoms with E-state index in [1.807, 2.05) is 11.6 Å². The largest absolute Gasteiger partial charge is 0.496 e. The highest BCUT2D eigenvalue weighted by Crippen LogP contribution is 2.34. The first kappa shape index (κ1) is 26.3. The second-order valence-corrected chi connectivity index (χ2v) is 9.01. The zero-order chi connectivity index (χ0) is 26.7. The zero-order valence-electron chi connectivity index (χ0n) is 20.0. The molecule has 0 aliphatic rings. The number of halogens is 4. The normalized spacial score (nSPS) is 13.3. The number of aromatic nitrogens is 2. The van der Waals surface area contributed by atoms with Crippen molar-refractivity contribution in [2.75, 3.05) is 13.4 Å². The Morgan fingerprint density at radius 1 is 1.08 bits per heavy atom. The number of methoxy groups -OCH3 is 1. The summed E-state index contributed by atoms with van der Waals surface area (Å²) in [5, 5.41) is 7.04. The zero-order valence-corrected chi connectivity index (χ0v) is 20.9. The standard InChI is InChI=1S/C26H23F4N3O3S/c1-15(32-25(34)26(28,29)30)24(16-4-11-23(37-3)22(13-16)35-2)36-20-9-10-21-17(12-20)14-31-33(21)19-7-5-18(27)6-8-19/h4-15,24H,1-3H3,(H,32,34)/t15-,24+/m0/s1. The van der Waals surface area contributed by atoms with E-state index in [1.54, 1.807) is 59.4 Å². The van der Waals surface area contributed by atoms with Crippen LogP contribution in [-0.4, -0.2) is 41.3 Å². The van der Waals surface area contributed by atoms with Crippen LogP contribution in [0.1, 0.15) is 18.6 Å². The van der Waals surface area contributed by atoms with E-state index in [1.165, 1.54) is 37.9 Å². The Morgan fingerprint density at radius 2 is 1.81 bits per heavy atom. The second kappa shape index (κ2) is 10.7. The third-order valence-corrected chi connectivity index (χ3v) is 6.46. The molecule has 4 rings (SSSR count). The van der Waals surface area contributed by atoms with Crippen molar-refractivity contribution in [3.05, 3.63) is 78.2 Å². The van der Waals surface area contributed by atoms with E-state index < -0.39 is 24.2 Å².